The van der Waals surface area contributed by atoms with E-state index in [1.807, 2.05) is 4.68 Å². The molecule has 0 spiro atoms. The molecule has 3 rings (SSSR count). The first-order valence-corrected chi connectivity index (χ1v) is 5.68. The van der Waals surface area contributed by atoms with Gasteiger partial charge in [0.2, 0.25) is 0 Å². The molecule has 0 saturated carbocycles. The molecule has 0 aromatic carbocycles. The zero-order chi connectivity index (χ0) is 12.4. The number of hydrogen-bond donors (Lipinski definition) is 2. The van der Waals surface area contributed by atoms with Gasteiger partial charge in [-0.25, -0.2) is 14.5 Å². The summed E-state index contributed by atoms with van der Waals surface area (Å²) in [5.41, 5.74) is 0. The predicted octanol–water partition coefficient (Wildman–Crippen LogP) is 0.923. The van der Waals surface area contributed by atoms with Gasteiger partial charge in [-0.1, -0.05) is 5.16 Å². The molecule has 2 N–H and O–H groups in total. The Balaban J connectivity index is 1.66. The summed E-state index contributed by atoms with van der Waals surface area (Å²) in [6.07, 6.45) is 4.72. The van der Waals surface area contributed by atoms with E-state index in [0.717, 1.165) is 25.2 Å². The van der Waals surface area contributed by atoms with Crippen LogP contribution in [0.25, 0.3) is 0 Å². The minimum absolute atomic E-state index is 0.117. The average molecular weight is 248 g/mol. The van der Waals surface area contributed by atoms with E-state index in [2.05, 4.69) is 30.4 Å². The Morgan fingerprint density at radius 3 is 3.33 bits per heavy atom. The Kier molecular flexibility index (Phi) is 2.67. The van der Waals surface area contributed by atoms with E-state index in [0.29, 0.717) is 5.82 Å². The van der Waals surface area contributed by atoms with E-state index in [1.54, 1.807) is 6.07 Å². The van der Waals surface area contributed by atoms with Gasteiger partial charge in [0.25, 0.3) is 0 Å². The summed E-state index contributed by atoms with van der Waals surface area (Å²) in [6.45, 7) is 0.846. The van der Waals surface area contributed by atoms with Gasteiger partial charge < -0.3 is 9.84 Å². The van der Waals surface area contributed by atoms with Gasteiger partial charge >= 0.3 is 6.03 Å². The minimum atomic E-state index is -0.328. The van der Waals surface area contributed by atoms with Gasteiger partial charge in [0, 0.05) is 12.6 Å². The molecule has 2 aromatic heterocycles. The summed E-state index contributed by atoms with van der Waals surface area (Å²) in [5.74, 6) is 1.17. The third-order valence-electron chi connectivity index (χ3n) is 2.80. The van der Waals surface area contributed by atoms with Crippen LogP contribution in [0.3, 0.4) is 0 Å². The molecule has 8 heteroatoms. The first-order valence-electron chi connectivity index (χ1n) is 5.68. The van der Waals surface area contributed by atoms with E-state index >= 15 is 0 Å². The molecule has 0 bridgehead atoms. The maximum Gasteiger partial charge on any atom is 0.321 e. The van der Waals surface area contributed by atoms with Crippen LogP contribution in [0.2, 0.25) is 0 Å². The van der Waals surface area contributed by atoms with Crippen LogP contribution in [0.4, 0.5) is 10.6 Å². The number of urea groups is 1. The number of carbonyl (C=O) groups is 1. The fraction of sp³-hybridized carbons (Fsp3) is 0.400. The van der Waals surface area contributed by atoms with Gasteiger partial charge in [-0.15, -0.1) is 0 Å². The number of carbonyl (C=O) groups excluding carboxylic acids is 1. The lowest BCUT2D eigenvalue weighted by molar-refractivity contribution is 0.244. The monoisotopic (exact) mass is 248 g/mol. The largest absolute Gasteiger partial charge is 0.363 e. The highest BCUT2D eigenvalue weighted by Crippen LogP contribution is 2.21. The molecular weight excluding hydrogens is 236 g/mol. The lowest BCUT2D eigenvalue weighted by atomic mass is 10.1. The first kappa shape index (κ1) is 10.8. The number of rotatable bonds is 2. The SMILES string of the molecule is O=C(Nc1ccon1)NC1CCCn2ncnc21. The number of aromatic nitrogens is 4. The number of aryl methyl sites for hydroxylation is 1. The second-order valence-electron chi connectivity index (χ2n) is 4.02. The van der Waals surface area contributed by atoms with E-state index in [-0.39, 0.29) is 12.1 Å². The van der Waals surface area contributed by atoms with Crippen molar-refractivity contribution in [3.63, 3.8) is 0 Å². The van der Waals surface area contributed by atoms with Crippen molar-refractivity contribution in [2.45, 2.75) is 25.4 Å². The molecule has 1 atom stereocenters. The van der Waals surface area contributed by atoms with Crippen LogP contribution in [0, 0.1) is 0 Å². The average Bonchev–Trinajstić information content (AvgIpc) is 2.99. The van der Waals surface area contributed by atoms with Gasteiger partial charge in [0.05, 0.1) is 6.04 Å². The maximum absolute atomic E-state index is 11.7. The van der Waals surface area contributed by atoms with Crippen molar-refractivity contribution in [1.29, 1.82) is 0 Å². The molecule has 1 unspecified atom stereocenters. The van der Waals surface area contributed by atoms with Crippen molar-refractivity contribution in [2.24, 2.45) is 0 Å². The number of nitrogens with one attached hydrogen (secondary N) is 2. The summed E-state index contributed by atoms with van der Waals surface area (Å²) in [5, 5.41) is 13.1. The van der Waals surface area contributed by atoms with Crippen LogP contribution >= 0.6 is 0 Å². The van der Waals surface area contributed by atoms with Crippen LogP contribution in [0.1, 0.15) is 24.7 Å². The summed E-state index contributed by atoms with van der Waals surface area (Å²) in [7, 11) is 0. The number of amides is 2. The second kappa shape index (κ2) is 4.47. The van der Waals surface area contributed by atoms with Gasteiger partial charge in [-0.2, -0.15) is 5.10 Å². The lowest BCUT2D eigenvalue weighted by Gasteiger charge is -2.22. The van der Waals surface area contributed by atoms with Gasteiger partial charge in [-0.05, 0) is 12.8 Å². The fourth-order valence-corrected chi connectivity index (χ4v) is 2.01. The fourth-order valence-electron chi connectivity index (χ4n) is 2.01. The molecule has 8 nitrogen and oxygen atoms in total. The van der Waals surface area contributed by atoms with Gasteiger partial charge in [0.1, 0.15) is 18.4 Å². The minimum Gasteiger partial charge on any atom is -0.363 e. The zero-order valence-electron chi connectivity index (χ0n) is 9.54. The Labute approximate surface area is 102 Å². The second-order valence-corrected chi connectivity index (χ2v) is 4.02. The van der Waals surface area contributed by atoms with Crippen molar-refractivity contribution >= 4 is 11.8 Å². The summed E-state index contributed by atoms with van der Waals surface area (Å²) in [4.78, 5) is 15.9. The van der Waals surface area contributed by atoms with Crippen molar-refractivity contribution in [2.75, 3.05) is 5.32 Å². The highest BCUT2D eigenvalue weighted by atomic mass is 16.5. The van der Waals surface area contributed by atoms with E-state index in [4.69, 9.17) is 0 Å². The predicted molar refractivity (Wildman–Crippen MR) is 60.7 cm³/mol. The van der Waals surface area contributed by atoms with E-state index < -0.39 is 0 Å². The standard InChI is InChI=1S/C10H12N6O2/c17-10(14-8-3-5-18-15-8)13-7-2-1-4-16-9(7)11-6-12-16/h3,5-7H,1-2,4H2,(H2,13,14,15,17). The molecule has 2 amide bonds. The van der Waals surface area contributed by atoms with Crippen LogP contribution in [0.15, 0.2) is 23.2 Å². The summed E-state index contributed by atoms with van der Waals surface area (Å²) < 4.78 is 6.44. The number of hydrogen-bond acceptors (Lipinski definition) is 5. The Hall–Kier alpha value is -2.38. The van der Waals surface area contributed by atoms with Crippen LogP contribution in [-0.4, -0.2) is 26.0 Å². The number of anilines is 1. The topological polar surface area (TPSA) is 97.9 Å². The molecule has 18 heavy (non-hydrogen) atoms. The third-order valence-corrected chi connectivity index (χ3v) is 2.80. The molecule has 2 aromatic rings. The molecule has 94 valence electrons. The highest BCUT2D eigenvalue weighted by molar-refractivity contribution is 5.88. The molecule has 0 radical (unpaired) electrons. The molecule has 0 aliphatic carbocycles. The first-order chi connectivity index (χ1) is 8.83. The molecule has 1 aliphatic rings. The third kappa shape index (κ3) is 2.04. The van der Waals surface area contributed by atoms with Crippen molar-refractivity contribution < 1.29 is 9.32 Å². The zero-order valence-corrected chi connectivity index (χ0v) is 9.54. The maximum atomic E-state index is 11.7. The summed E-state index contributed by atoms with van der Waals surface area (Å²) >= 11 is 0. The Bertz CT molecular complexity index is 534. The molecule has 0 saturated heterocycles. The van der Waals surface area contributed by atoms with Crippen molar-refractivity contribution in [3.8, 4) is 0 Å². The van der Waals surface area contributed by atoms with Crippen molar-refractivity contribution in [1.82, 2.24) is 25.2 Å². The molecule has 0 fully saturated rings. The molecule has 3 heterocycles. The highest BCUT2D eigenvalue weighted by Gasteiger charge is 2.23. The quantitative estimate of drug-likeness (QED) is 0.823. The number of fused-ring (bicyclic) bond motifs is 1. The lowest BCUT2D eigenvalue weighted by Crippen LogP contribution is -2.36. The van der Waals surface area contributed by atoms with E-state index in [1.165, 1.54) is 12.6 Å². The van der Waals surface area contributed by atoms with E-state index in [9.17, 15) is 4.79 Å². The smallest absolute Gasteiger partial charge is 0.321 e. The van der Waals surface area contributed by atoms with Crippen LogP contribution < -0.4 is 10.6 Å². The Morgan fingerprint density at radius 2 is 2.50 bits per heavy atom. The molecule has 1 aliphatic heterocycles. The van der Waals surface area contributed by atoms with Gasteiger partial charge in [0.15, 0.2) is 5.82 Å². The normalized spacial score (nSPS) is 18.1. The number of nitrogens with zero attached hydrogens (tertiary/aromatic N) is 4. The Morgan fingerprint density at radius 1 is 1.56 bits per heavy atom. The van der Waals surface area contributed by atoms with Crippen molar-refractivity contribution in [3.05, 3.63) is 24.5 Å². The van der Waals surface area contributed by atoms with Gasteiger partial charge in [-0.3, -0.25) is 5.32 Å². The summed E-state index contributed by atoms with van der Waals surface area (Å²) in [6, 6.07) is 1.13. The molecular formula is C10H12N6O2. The van der Waals surface area contributed by atoms with Crippen LogP contribution in [0.5, 0.6) is 0 Å². The van der Waals surface area contributed by atoms with Crippen LogP contribution in [-0.2, 0) is 6.54 Å².